The number of benzene rings is 1. The van der Waals surface area contributed by atoms with Crippen molar-refractivity contribution >= 4 is 12.0 Å². The Morgan fingerprint density at radius 1 is 1.22 bits per heavy atom. The van der Waals surface area contributed by atoms with Gasteiger partial charge in [0.15, 0.2) is 5.60 Å². The number of pyridine rings is 1. The lowest BCUT2D eigenvalue weighted by molar-refractivity contribution is -0.160. The summed E-state index contributed by atoms with van der Waals surface area (Å²) in [5, 5.41) is 11.2. The first-order chi connectivity index (χ1) is 15.2. The molecule has 170 valence electrons. The molecule has 1 aliphatic heterocycles. The molecule has 0 radical (unpaired) electrons. The molecule has 2 fully saturated rings. The van der Waals surface area contributed by atoms with Crippen LogP contribution in [-0.4, -0.2) is 27.8 Å². The number of esters is 1. The highest BCUT2D eigenvalue weighted by Gasteiger charge is 2.62. The molecule has 0 bridgehead atoms. The largest absolute Gasteiger partial charge is 0.460 e. The smallest absolute Gasteiger partial charge is 0.338 e. The highest BCUT2D eigenvalue weighted by Crippen LogP contribution is 2.52. The third-order valence-electron chi connectivity index (χ3n) is 7.61. The lowest BCUT2D eigenvalue weighted by Gasteiger charge is -2.45. The van der Waals surface area contributed by atoms with E-state index in [-0.39, 0.29) is 23.9 Å². The zero-order valence-electron chi connectivity index (χ0n) is 19.8. The number of allylic oxidation sites excluding steroid dienone is 1. The fourth-order valence-corrected chi connectivity index (χ4v) is 5.91. The molecule has 0 spiro atoms. The van der Waals surface area contributed by atoms with E-state index in [0.29, 0.717) is 18.3 Å². The highest BCUT2D eigenvalue weighted by atomic mass is 16.6. The van der Waals surface area contributed by atoms with Crippen LogP contribution in [-0.2, 0) is 9.53 Å². The van der Waals surface area contributed by atoms with Crippen LogP contribution in [0.5, 0.6) is 0 Å². The first kappa shape index (κ1) is 22.7. The Morgan fingerprint density at radius 2 is 2.00 bits per heavy atom. The van der Waals surface area contributed by atoms with Crippen LogP contribution in [0.15, 0.2) is 48.7 Å². The van der Waals surface area contributed by atoms with Crippen LogP contribution in [0, 0.1) is 23.7 Å². The van der Waals surface area contributed by atoms with Gasteiger partial charge in [0.25, 0.3) is 0 Å². The summed E-state index contributed by atoms with van der Waals surface area (Å²) in [7, 11) is 0. The third kappa shape index (κ3) is 4.01. The lowest BCUT2D eigenvalue weighted by Crippen LogP contribution is -2.53. The zero-order chi connectivity index (χ0) is 23.0. The van der Waals surface area contributed by atoms with E-state index in [1.54, 1.807) is 0 Å². The van der Waals surface area contributed by atoms with E-state index in [1.807, 2.05) is 25.3 Å². The van der Waals surface area contributed by atoms with Gasteiger partial charge in [-0.05, 0) is 60.3 Å². The van der Waals surface area contributed by atoms with Crippen LogP contribution in [0.25, 0.3) is 17.2 Å². The maximum Gasteiger partial charge on any atom is 0.338 e. The monoisotopic (exact) mass is 433 g/mol. The van der Waals surface area contributed by atoms with E-state index in [4.69, 9.17) is 4.74 Å². The van der Waals surface area contributed by atoms with Crippen molar-refractivity contribution in [2.24, 2.45) is 23.7 Å². The van der Waals surface area contributed by atoms with E-state index in [2.05, 4.69) is 69.1 Å². The van der Waals surface area contributed by atoms with E-state index >= 15 is 0 Å². The second-order valence-electron chi connectivity index (χ2n) is 10.0. The molecule has 1 saturated heterocycles. The molecule has 4 rings (SSSR count). The molecule has 1 N–H and O–H groups in total. The van der Waals surface area contributed by atoms with Gasteiger partial charge in [0.05, 0.1) is 5.69 Å². The molecule has 2 aromatic rings. The maximum atomic E-state index is 12.4. The normalized spacial score (nSPS) is 32.3. The van der Waals surface area contributed by atoms with E-state index in [1.165, 1.54) is 11.1 Å². The average molecular weight is 434 g/mol. The van der Waals surface area contributed by atoms with Gasteiger partial charge >= 0.3 is 5.97 Å². The average Bonchev–Trinajstić information content (AvgIpc) is 2.99. The topological polar surface area (TPSA) is 59.4 Å². The van der Waals surface area contributed by atoms with Crippen LogP contribution >= 0.6 is 0 Å². The summed E-state index contributed by atoms with van der Waals surface area (Å²) in [4.78, 5) is 17.1. The van der Waals surface area contributed by atoms with Crippen LogP contribution in [0.1, 0.15) is 64.6 Å². The number of hydrogen-bond donors (Lipinski definition) is 1. The Hall–Kier alpha value is -2.46. The Balaban J connectivity index is 1.59. The third-order valence-corrected chi connectivity index (χ3v) is 7.61. The fraction of sp³-hybridized carbons (Fsp3) is 0.500. The second kappa shape index (κ2) is 8.82. The molecule has 1 saturated carbocycles. The molecule has 4 nitrogen and oxygen atoms in total. The fourth-order valence-electron chi connectivity index (χ4n) is 5.91. The molecular weight excluding hydrogens is 398 g/mol. The molecule has 5 unspecified atom stereocenters. The molecule has 1 aromatic carbocycles. The van der Waals surface area contributed by atoms with Gasteiger partial charge < -0.3 is 9.84 Å². The SMILES string of the molecule is CCC1C(C)CC2(O)C(=O)O[C@H](C)C2C1/C=C/c1ccc(-c2cccc(C(C)C)c2)cn1. The minimum absolute atomic E-state index is 0.0689. The predicted octanol–water partition coefficient (Wildman–Crippen LogP) is 5.86. The number of carbonyl (C=O) groups excluding carboxylic acids is 1. The van der Waals surface area contributed by atoms with Gasteiger partial charge in [-0.3, -0.25) is 4.98 Å². The van der Waals surface area contributed by atoms with E-state index < -0.39 is 11.6 Å². The number of nitrogens with zero attached hydrogens (tertiary/aromatic N) is 1. The quantitative estimate of drug-likeness (QED) is 0.600. The Morgan fingerprint density at radius 3 is 2.66 bits per heavy atom. The van der Waals surface area contributed by atoms with Crippen molar-refractivity contribution in [2.45, 2.75) is 65.1 Å². The summed E-state index contributed by atoms with van der Waals surface area (Å²) >= 11 is 0. The van der Waals surface area contributed by atoms with Crippen molar-refractivity contribution in [3.63, 3.8) is 0 Å². The van der Waals surface area contributed by atoms with Crippen LogP contribution in [0.2, 0.25) is 0 Å². The van der Waals surface area contributed by atoms with Crippen molar-refractivity contribution in [3.05, 3.63) is 59.9 Å². The number of carbonyl (C=O) groups is 1. The summed E-state index contributed by atoms with van der Waals surface area (Å²) in [5.41, 5.74) is 3.09. The highest BCUT2D eigenvalue weighted by molar-refractivity contribution is 5.82. The lowest BCUT2D eigenvalue weighted by atomic mass is 9.59. The first-order valence-corrected chi connectivity index (χ1v) is 11.9. The van der Waals surface area contributed by atoms with Crippen molar-refractivity contribution in [1.82, 2.24) is 4.98 Å². The molecular formula is C28H35NO3. The van der Waals surface area contributed by atoms with Crippen LogP contribution < -0.4 is 0 Å². The summed E-state index contributed by atoms with van der Waals surface area (Å²) in [5.74, 6) is 0.525. The Labute approximate surface area is 191 Å². The van der Waals surface area contributed by atoms with E-state index in [0.717, 1.165) is 17.7 Å². The number of cyclic esters (lactones) is 1. The van der Waals surface area contributed by atoms with Gasteiger partial charge in [0, 0.05) is 17.7 Å². The summed E-state index contributed by atoms with van der Waals surface area (Å²) in [6.07, 6.45) is 7.30. The van der Waals surface area contributed by atoms with Gasteiger partial charge in [0.1, 0.15) is 6.10 Å². The molecule has 6 atom stereocenters. The number of fused-ring (bicyclic) bond motifs is 1. The molecule has 2 heterocycles. The van der Waals surface area contributed by atoms with Crippen LogP contribution in [0.4, 0.5) is 0 Å². The first-order valence-electron chi connectivity index (χ1n) is 11.9. The zero-order valence-corrected chi connectivity index (χ0v) is 19.8. The summed E-state index contributed by atoms with van der Waals surface area (Å²) < 4.78 is 5.49. The van der Waals surface area contributed by atoms with Gasteiger partial charge in [-0.2, -0.15) is 0 Å². The summed E-state index contributed by atoms with van der Waals surface area (Å²) in [6, 6.07) is 12.7. The molecule has 1 aliphatic carbocycles. The molecule has 32 heavy (non-hydrogen) atoms. The van der Waals surface area contributed by atoms with Crippen molar-refractivity contribution in [3.8, 4) is 11.1 Å². The van der Waals surface area contributed by atoms with E-state index in [9.17, 15) is 9.90 Å². The molecule has 0 amide bonds. The second-order valence-corrected chi connectivity index (χ2v) is 10.0. The number of aliphatic hydroxyl groups is 1. The van der Waals surface area contributed by atoms with Crippen molar-refractivity contribution in [2.75, 3.05) is 0 Å². The standard InChI is InChI=1S/C28H35NO3/c1-6-24-18(4)15-28(31)26(19(5)32-27(28)30)25(24)13-12-23-11-10-22(16-29-23)21-9-7-8-20(14-21)17(2)3/h7-14,16-19,24-26,31H,6,15H2,1-5H3/b13-12+/t18?,19-,24?,25?,26?,28?/m1/s1. The van der Waals surface area contributed by atoms with Crippen LogP contribution in [0.3, 0.4) is 0 Å². The van der Waals surface area contributed by atoms with Gasteiger partial charge in [-0.15, -0.1) is 0 Å². The molecule has 1 aromatic heterocycles. The Kier molecular flexibility index (Phi) is 6.26. The number of hydrogen-bond acceptors (Lipinski definition) is 4. The van der Waals surface area contributed by atoms with Gasteiger partial charge in [-0.25, -0.2) is 4.79 Å². The number of rotatable bonds is 5. The van der Waals surface area contributed by atoms with Gasteiger partial charge in [0.2, 0.25) is 0 Å². The Bertz CT molecular complexity index is 996. The molecule has 4 heteroatoms. The van der Waals surface area contributed by atoms with Crippen molar-refractivity contribution in [1.29, 1.82) is 0 Å². The minimum atomic E-state index is -1.38. The minimum Gasteiger partial charge on any atom is -0.460 e. The molecule has 2 aliphatic rings. The number of ether oxygens (including phenoxy) is 1. The summed E-state index contributed by atoms with van der Waals surface area (Å²) in [6.45, 7) is 10.6. The van der Waals surface area contributed by atoms with Gasteiger partial charge in [-0.1, -0.05) is 70.5 Å². The maximum absolute atomic E-state index is 12.4. The van der Waals surface area contributed by atoms with Crippen molar-refractivity contribution < 1.29 is 14.6 Å². The predicted molar refractivity (Wildman–Crippen MR) is 128 cm³/mol. The number of aromatic nitrogens is 1.